The minimum Gasteiger partial charge on any atom is -0.469 e. The molecule has 1 saturated carbocycles. The number of methoxy groups -OCH3 is 3. The van der Waals surface area contributed by atoms with E-state index in [2.05, 4.69) is 14.2 Å². The number of carbonyl (C=O) groups is 4. The molecular formula is C17H17NO10. The molecule has 28 heavy (non-hydrogen) atoms. The minimum atomic E-state index is -1.35. The van der Waals surface area contributed by atoms with Gasteiger partial charge in [0, 0.05) is 12.1 Å². The first-order chi connectivity index (χ1) is 13.3. The van der Waals surface area contributed by atoms with Gasteiger partial charge in [-0.3, -0.25) is 29.3 Å². The van der Waals surface area contributed by atoms with Gasteiger partial charge in [0.2, 0.25) is 0 Å². The fourth-order valence-electron chi connectivity index (χ4n) is 3.15. The first kappa shape index (κ1) is 20.8. The van der Waals surface area contributed by atoms with Gasteiger partial charge in [-0.2, -0.15) is 0 Å². The van der Waals surface area contributed by atoms with Crippen LogP contribution in [0, 0.1) is 33.8 Å². The average Bonchev–Trinajstić information content (AvgIpc) is 2.66. The fraction of sp³-hybridized carbons (Fsp3) is 0.412. The van der Waals surface area contributed by atoms with Crippen LogP contribution in [-0.2, 0) is 33.4 Å². The summed E-state index contributed by atoms with van der Waals surface area (Å²) in [6.45, 7) is 0. The maximum absolute atomic E-state index is 12.6. The Kier molecular flexibility index (Phi) is 6.29. The lowest BCUT2D eigenvalue weighted by Gasteiger charge is -2.44. The number of nitrogens with zero attached hydrogens (tertiary/aromatic N) is 1. The van der Waals surface area contributed by atoms with Gasteiger partial charge in [-0.1, -0.05) is 0 Å². The summed E-state index contributed by atoms with van der Waals surface area (Å²) < 4.78 is 19.0. The number of carbonyl (C=O) groups excluding carboxylic acids is 4. The Hall–Kier alpha value is -3.50. The third-order valence-electron chi connectivity index (χ3n) is 4.51. The Morgan fingerprint density at radius 1 is 0.750 bits per heavy atom. The zero-order valence-electron chi connectivity index (χ0n) is 15.1. The Morgan fingerprint density at radius 2 is 1.11 bits per heavy atom. The predicted octanol–water partition coefficient (Wildman–Crippen LogP) is 0.498. The van der Waals surface area contributed by atoms with Crippen LogP contribution in [0.3, 0.4) is 0 Å². The lowest BCUT2D eigenvalue weighted by atomic mass is 9.56. The Bertz CT molecular complexity index is 779. The van der Waals surface area contributed by atoms with Crippen LogP contribution in [0.4, 0.5) is 5.69 Å². The summed E-state index contributed by atoms with van der Waals surface area (Å²) in [7, 11) is 3.22. The smallest absolute Gasteiger partial charge is 0.316 e. The number of hydrogen-bond acceptors (Lipinski definition) is 10. The molecule has 11 heteroatoms. The minimum absolute atomic E-state index is 0.0376. The van der Waals surface area contributed by atoms with E-state index in [1.54, 1.807) is 0 Å². The zero-order chi connectivity index (χ0) is 21.0. The van der Waals surface area contributed by atoms with E-state index in [9.17, 15) is 29.3 Å². The lowest BCUT2D eigenvalue weighted by molar-refractivity contribution is -0.384. The van der Waals surface area contributed by atoms with Gasteiger partial charge in [0.05, 0.1) is 49.9 Å². The largest absolute Gasteiger partial charge is 0.469 e. The van der Waals surface area contributed by atoms with Gasteiger partial charge in [-0.15, -0.1) is 0 Å². The SMILES string of the molecule is COC(=O)C1C(C(=O)OC)C(C(=O)Oc2ccc([N+](=O)[O-])cc2)C1C(=O)OC. The van der Waals surface area contributed by atoms with E-state index in [4.69, 9.17) is 4.74 Å². The molecule has 1 aliphatic carbocycles. The van der Waals surface area contributed by atoms with Gasteiger partial charge in [0.25, 0.3) is 5.69 Å². The molecule has 0 aromatic heterocycles. The molecule has 0 aliphatic heterocycles. The molecule has 2 rings (SSSR count). The standard InChI is InChI=1S/C17H17NO10/c1-25-14(19)10-11(15(20)26-2)13(12(10)16(21)27-3)17(22)28-9-6-4-8(5-7-9)18(23)24/h4-7,10-13H,1-3H3. The molecule has 1 aromatic carbocycles. The quantitative estimate of drug-likeness (QED) is 0.219. The van der Waals surface area contributed by atoms with Gasteiger partial charge in [0.15, 0.2) is 0 Å². The summed E-state index contributed by atoms with van der Waals surface area (Å²) in [6, 6.07) is 4.62. The summed E-state index contributed by atoms with van der Waals surface area (Å²) in [5.41, 5.74) is -0.214. The molecule has 1 fully saturated rings. The fourth-order valence-corrected chi connectivity index (χ4v) is 3.15. The Labute approximate surface area is 158 Å². The van der Waals surface area contributed by atoms with Crippen LogP contribution in [0.1, 0.15) is 0 Å². The highest BCUT2D eigenvalue weighted by Gasteiger charge is 2.65. The number of non-ortho nitro benzene ring substituents is 1. The Morgan fingerprint density at radius 3 is 1.43 bits per heavy atom. The zero-order valence-corrected chi connectivity index (χ0v) is 15.1. The normalized spacial score (nSPS) is 23.0. The van der Waals surface area contributed by atoms with Gasteiger partial charge in [0.1, 0.15) is 5.75 Å². The molecular weight excluding hydrogens is 378 g/mol. The summed E-state index contributed by atoms with van der Waals surface area (Å²) in [5, 5.41) is 10.7. The van der Waals surface area contributed by atoms with Crippen molar-refractivity contribution in [1.82, 2.24) is 0 Å². The summed E-state index contributed by atoms with van der Waals surface area (Å²) in [6.07, 6.45) is 0. The second kappa shape index (κ2) is 8.46. The Balaban J connectivity index is 2.30. The van der Waals surface area contributed by atoms with E-state index in [-0.39, 0.29) is 11.4 Å². The number of ether oxygens (including phenoxy) is 4. The predicted molar refractivity (Wildman–Crippen MR) is 88.7 cm³/mol. The molecule has 2 unspecified atom stereocenters. The van der Waals surface area contributed by atoms with Gasteiger partial charge in [-0.05, 0) is 12.1 Å². The summed E-state index contributed by atoms with van der Waals surface area (Å²) in [5.74, 6) is -8.88. The topological polar surface area (TPSA) is 148 Å². The molecule has 0 heterocycles. The van der Waals surface area contributed by atoms with E-state index in [0.717, 1.165) is 33.5 Å². The van der Waals surface area contributed by atoms with Crippen molar-refractivity contribution in [2.45, 2.75) is 0 Å². The molecule has 0 spiro atoms. The molecule has 11 nitrogen and oxygen atoms in total. The summed E-state index contributed by atoms with van der Waals surface area (Å²) in [4.78, 5) is 58.9. The van der Waals surface area contributed by atoms with E-state index < -0.39 is 52.5 Å². The van der Waals surface area contributed by atoms with Crippen molar-refractivity contribution >= 4 is 29.6 Å². The molecule has 0 radical (unpaired) electrons. The van der Waals surface area contributed by atoms with Crippen LogP contribution in [-0.4, -0.2) is 50.1 Å². The van der Waals surface area contributed by atoms with Crippen molar-refractivity contribution in [3.05, 3.63) is 34.4 Å². The second-order valence-corrected chi connectivity index (χ2v) is 5.84. The highest BCUT2D eigenvalue weighted by atomic mass is 16.6. The number of nitro benzene ring substituents is 1. The first-order valence-electron chi connectivity index (χ1n) is 7.96. The number of esters is 4. The number of benzene rings is 1. The number of nitro groups is 1. The van der Waals surface area contributed by atoms with Crippen molar-refractivity contribution in [2.75, 3.05) is 21.3 Å². The molecule has 1 aliphatic rings. The van der Waals surface area contributed by atoms with Crippen LogP contribution in [0.5, 0.6) is 5.75 Å². The third-order valence-corrected chi connectivity index (χ3v) is 4.51. The van der Waals surface area contributed by atoms with E-state index >= 15 is 0 Å². The van der Waals surface area contributed by atoms with Crippen molar-refractivity contribution in [3.8, 4) is 5.75 Å². The molecule has 0 saturated heterocycles. The van der Waals surface area contributed by atoms with Crippen molar-refractivity contribution in [2.24, 2.45) is 23.7 Å². The molecule has 0 amide bonds. The van der Waals surface area contributed by atoms with Crippen molar-refractivity contribution < 1.29 is 43.0 Å². The van der Waals surface area contributed by atoms with Crippen LogP contribution in [0.25, 0.3) is 0 Å². The van der Waals surface area contributed by atoms with Gasteiger partial charge in [-0.25, -0.2) is 0 Å². The maximum Gasteiger partial charge on any atom is 0.316 e. The van der Waals surface area contributed by atoms with Gasteiger partial charge >= 0.3 is 23.9 Å². The molecule has 0 N–H and O–H groups in total. The molecule has 150 valence electrons. The van der Waals surface area contributed by atoms with Crippen LogP contribution >= 0.6 is 0 Å². The van der Waals surface area contributed by atoms with E-state index in [1.807, 2.05) is 0 Å². The monoisotopic (exact) mass is 395 g/mol. The average molecular weight is 395 g/mol. The van der Waals surface area contributed by atoms with Crippen LogP contribution < -0.4 is 4.74 Å². The van der Waals surface area contributed by atoms with E-state index in [0.29, 0.717) is 0 Å². The number of rotatable bonds is 6. The molecule has 0 bridgehead atoms. The molecule has 2 atom stereocenters. The second-order valence-electron chi connectivity index (χ2n) is 5.84. The van der Waals surface area contributed by atoms with Crippen LogP contribution in [0.15, 0.2) is 24.3 Å². The number of hydrogen-bond donors (Lipinski definition) is 0. The third kappa shape index (κ3) is 3.77. The van der Waals surface area contributed by atoms with Crippen molar-refractivity contribution in [3.63, 3.8) is 0 Å². The highest BCUT2D eigenvalue weighted by Crippen LogP contribution is 2.49. The first-order valence-corrected chi connectivity index (χ1v) is 7.96. The lowest BCUT2D eigenvalue weighted by Crippen LogP contribution is -2.61. The highest BCUT2D eigenvalue weighted by molar-refractivity contribution is 5.98. The maximum atomic E-state index is 12.6. The molecule has 1 aromatic rings. The van der Waals surface area contributed by atoms with Crippen molar-refractivity contribution in [1.29, 1.82) is 0 Å². The van der Waals surface area contributed by atoms with Crippen LogP contribution in [0.2, 0.25) is 0 Å². The van der Waals surface area contributed by atoms with E-state index in [1.165, 1.54) is 12.1 Å². The summed E-state index contributed by atoms with van der Waals surface area (Å²) >= 11 is 0. The van der Waals surface area contributed by atoms with Gasteiger partial charge < -0.3 is 18.9 Å².